The normalized spacial score (nSPS) is 11.8. The number of aryl methyl sites for hydroxylation is 2. The highest BCUT2D eigenvalue weighted by Crippen LogP contribution is 2.13. The lowest BCUT2D eigenvalue weighted by Crippen LogP contribution is -2.25. The zero-order chi connectivity index (χ0) is 13.8. The van der Waals surface area contributed by atoms with Crippen LogP contribution in [-0.2, 0) is 10.0 Å². The molecule has 0 aromatic heterocycles. The number of nitrogens with zero attached hydrogens (tertiary/aromatic N) is 1. The molecule has 0 saturated carbocycles. The second kappa shape index (κ2) is 7.65. The van der Waals surface area contributed by atoms with Crippen LogP contribution in [0.4, 0.5) is 5.69 Å². The third kappa shape index (κ3) is 7.33. The van der Waals surface area contributed by atoms with Crippen LogP contribution in [0.3, 0.4) is 0 Å². The van der Waals surface area contributed by atoms with Crippen LogP contribution in [0.5, 0.6) is 0 Å². The molecule has 0 radical (unpaired) electrons. The summed E-state index contributed by atoms with van der Waals surface area (Å²) in [5, 5.41) is 7.74. The molecular weight excluding hydrogens is 379 g/mol. The number of rotatable bonds is 4. The molecule has 0 spiro atoms. The van der Waals surface area contributed by atoms with E-state index in [2.05, 4.69) is 10.3 Å². The van der Waals surface area contributed by atoms with Gasteiger partial charge in [0.2, 0.25) is 10.0 Å². The first-order chi connectivity index (χ1) is 8.28. The lowest BCUT2D eigenvalue weighted by atomic mass is 10.1. The molecule has 0 aliphatic carbocycles. The van der Waals surface area contributed by atoms with Gasteiger partial charge in [-0.15, -0.1) is 24.0 Å². The third-order valence-electron chi connectivity index (χ3n) is 2.44. The van der Waals surface area contributed by atoms with E-state index in [-0.39, 0.29) is 42.2 Å². The summed E-state index contributed by atoms with van der Waals surface area (Å²) in [6, 6.07) is 5.79. The topological polar surface area (TPSA) is 111 Å². The summed E-state index contributed by atoms with van der Waals surface area (Å²) in [5.41, 5.74) is 8.76. The van der Waals surface area contributed by atoms with Gasteiger partial charge in [0, 0.05) is 5.69 Å². The fourth-order valence-corrected chi connectivity index (χ4v) is 1.65. The first-order valence-electron chi connectivity index (χ1n) is 5.42. The Bertz CT molecular complexity index is 558. The Balaban J connectivity index is 0.00000324. The Kier molecular flexibility index (Phi) is 7.30. The van der Waals surface area contributed by atoms with Crippen molar-refractivity contribution in [2.24, 2.45) is 15.9 Å². The van der Waals surface area contributed by atoms with E-state index < -0.39 is 10.0 Å². The third-order valence-corrected chi connectivity index (χ3v) is 3.19. The summed E-state index contributed by atoms with van der Waals surface area (Å²) in [6.07, 6.45) is 0. The molecule has 8 heteroatoms. The lowest BCUT2D eigenvalue weighted by molar-refractivity contribution is 0.597. The van der Waals surface area contributed by atoms with Crippen LogP contribution in [0.25, 0.3) is 0 Å². The number of anilines is 1. The standard InChI is InChI=1S/C11H18N4O2S.HI/c1-8-3-4-10(7-9(8)2)15-11(12)14-5-6-18(13,16)17;/h3-4,7H,5-6H2,1-2H3,(H3,12,14,15)(H2,13,16,17);1H. The van der Waals surface area contributed by atoms with Crippen LogP contribution in [-0.4, -0.2) is 26.7 Å². The Labute approximate surface area is 130 Å². The molecule has 0 aliphatic rings. The summed E-state index contributed by atoms with van der Waals surface area (Å²) in [5.74, 6) is -0.0515. The largest absolute Gasteiger partial charge is 0.370 e. The summed E-state index contributed by atoms with van der Waals surface area (Å²) in [4.78, 5) is 3.88. The molecule has 1 rings (SSSR count). The van der Waals surface area contributed by atoms with Crippen LogP contribution >= 0.6 is 24.0 Å². The van der Waals surface area contributed by atoms with Crippen LogP contribution in [0.2, 0.25) is 0 Å². The predicted molar refractivity (Wildman–Crippen MR) is 89.4 cm³/mol. The van der Waals surface area contributed by atoms with Crippen LogP contribution in [0, 0.1) is 13.8 Å². The number of hydrogen-bond donors (Lipinski definition) is 3. The molecule has 0 atom stereocenters. The van der Waals surface area contributed by atoms with Crippen molar-refractivity contribution in [1.82, 2.24) is 0 Å². The highest BCUT2D eigenvalue weighted by atomic mass is 127. The zero-order valence-electron chi connectivity index (χ0n) is 10.9. The highest BCUT2D eigenvalue weighted by Gasteiger charge is 2.01. The van der Waals surface area contributed by atoms with Crippen LogP contribution in [0.1, 0.15) is 11.1 Å². The maximum Gasteiger partial charge on any atom is 0.210 e. The second-order valence-corrected chi connectivity index (χ2v) is 5.79. The van der Waals surface area contributed by atoms with E-state index in [1.807, 2.05) is 32.0 Å². The van der Waals surface area contributed by atoms with E-state index in [0.717, 1.165) is 11.3 Å². The van der Waals surface area contributed by atoms with E-state index in [0.29, 0.717) is 0 Å². The average Bonchev–Trinajstić information content (AvgIpc) is 2.21. The molecule has 6 nitrogen and oxygen atoms in total. The fourth-order valence-electron chi connectivity index (χ4n) is 1.30. The number of benzene rings is 1. The van der Waals surface area contributed by atoms with Crippen LogP contribution < -0.4 is 16.2 Å². The Morgan fingerprint density at radius 3 is 2.47 bits per heavy atom. The number of primary sulfonamides is 1. The Morgan fingerprint density at radius 1 is 1.32 bits per heavy atom. The molecule has 0 saturated heterocycles. The van der Waals surface area contributed by atoms with Gasteiger partial charge in [-0.05, 0) is 37.1 Å². The molecule has 108 valence electrons. The zero-order valence-corrected chi connectivity index (χ0v) is 14.0. The van der Waals surface area contributed by atoms with Crippen molar-refractivity contribution in [2.75, 3.05) is 17.6 Å². The van der Waals surface area contributed by atoms with Crippen molar-refractivity contribution in [3.63, 3.8) is 0 Å². The van der Waals surface area contributed by atoms with Gasteiger partial charge < -0.3 is 11.1 Å². The minimum absolute atomic E-state index is 0. The van der Waals surface area contributed by atoms with Gasteiger partial charge in [0.25, 0.3) is 0 Å². The number of hydrogen-bond acceptors (Lipinski definition) is 3. The summed E-state index contributed by atoms with van der Waals surface area (Å²) >= 11 is 0. The first-order valence-corrected chi connectivity index (χ1v) is 7.14. The van der Waals surface area contributed by atoms with Crippen LogP contribution in [0.15, 0.2) is 23.2 Å². The SMILES string of the molecule is Cc1ccc(NC(N)=NCCS(N)(=O)=O)cc1C.I. The van der Waals surface area contributed by atoms with Gasteiger partial charge in [-0.2, -0.15) is 0 Å². The number of halogens is 1. The Morgan fingerprint density at radius 2 is 1.95 bits per heavy atom. The van der Waals surface area contributed by atoms with Gasteiger partial charge in [0.15, 0.2) is 5.96 Å². The molecule has 5 N–H and O–H groups in total. The van der Waals surface area contributed by atoms with Crippen molar-refractivity contribution in [3.8, 4) is 0 Å². The number of aliphatic imine (C=N–C) groups is 1. The smallest absolute Gasteiger partial charge is 0.210 e. The molecule has 0 fully saturated rings. The first kappa shape index (κ1) is 18.1. The summed E-state index contributed by atoms with van der Waals surface area (Å²) in [6.45, 7) is 4.06. The van der Waals surface area contributed by atoms with Gasteiger partial charge in [0.05, 0.1) is 12.3 Å². The van der Waals surface area contributed by atoms with E-state index in [9.17, 15) is 8.42 Å². The number of nitrogens with two attached hydrogens (primary N) is 2. The number of guanidine groups is 1. The lowest BCUT2D eigenvalue weighted by Gasteiger charge is -2.07. The van der Waals surface area contributed by atoms with Gasteiger partial charge >= 0.3 is 0 Å². The monoisotopic (exact) mass is 398 g/mol. The quantitative estimate of drug-likeness (QED) is 0.398. The van der Waals surface area contributed by atoms with E-state index in [4.69, 9.17) is 10.9 Å². The van der Waals surface area contributed by atoms with Crippen molar-refractivity contribution in [2.45, 2.75) is 13.8 Å². The molecule has 0 heterocycles. The van der Waals surface area contributed by atoms with Gasteiger partial charge in [-0.25, -0.2) is 13.6 Å². The predicted octanol–water partition coefficient (Wildman–Crippen LogP) is 0.937. The molecule has 0 aliphatic heterocycles. The minimum atomic E-state index is -3.50. The number of nitrogens with one attached hydrogen (secondary N) is 1. The summed E-state index contributed by atoms with van der Waals surface area (Å²) in [7, 11) is -3.50. The molecule has 0 unspecified atom stereocenters. The molecule has 0 bridgehead atoms. The van der Waals surface area contributed by atoms with Gasteiger partial charge in [-0.1, -0.05) is 6.07 Å². The maximum absolute atomic E-state index is 10.7. The van der Waals surface area contributed by atoms with E-state index in [1.54, 1.807) is 0 Å². The maximum atomic E-state index is 10.7. The number of sulfonamides is 1. The molecule has 19 heavy (non-hydrogen) atoms. The molecule has 0 amide bonds. The minimum Gasteiger partial charge on any atom is -0.370 e. The van der Waals surface area contributed by atoms with E-state index >= 15 is 0 Å². The van der Waals surface area contributed by atoms with E-state index in [1.165, 1.54) is 5.56 Å². The highest BCUT2D eigenvalue weighted by molar-refractivity contribution is 14.0. The average molecular weight is 398 g/mol. The van der Waals surface area contributed by atoms with Crippen molar-refractivity contribution < 1.29 is 8.42 Å². The Hall–Kier alpha value is -0.870. The second-order valence-electron chi connectivity index (χ2n) is 4.06. The van der Waals surface area contributed by atoms with Crippen molar-refractivity contribution in [1.29, 1.82) is 0 Å². The van der Waals surface area contributed by atoms with Crippen molar-refractivity contribution >= 4 is 45.6 Å². The van der Waals surface area contributed by atoms with Gasteiger partial charge in [0.1, 0.15) is 0 Å². The van der Waals surface area contributed by atoms with Crippen molar-refractivity contribution in [3.05, 3.63) is 29.3 Å². The fraction of sp³-hybridized carbons (Fsp3) is 0.364. The van der Waals surface area contributed by atoms with Gasteiger partial charge in [-0.3, -0.25) is 4.99 Å². The summed E-state index contributed by atoms with van der Waals surface area (Å²) < 4.78 is 21.4. The molecule has 1 aromatic carbocycles. The molecule has 1 aromatic rings. The molecular formula is C11H19IN4O2S.